The molecule has 156 valence electrons. The van der Waals surface area contributed by atoms with Crippen molar-refractivity contribution in [1.29, 1.82) is 0 Å². The number of benzene rings is 1. The monoisotopic (exact) mass is 407 g/mol. The maximum absolute atomic E-state index is 13.6. The first kappa shape index (κ1) is 19.7. The predicted molar refractivity (Wildman–Crippen MR) is 104 cm³/mol. The summed E-state index contributed by atoms with van der Waals surface area (Å²) in [7, 11) is 0. The Labute approximate surface area is 167 Å². The molecule has 1 aromatic heterocycles. The van der Waals surface area contributed by atoms with Gasteiger partial charge in [0.1, 0.15) is 0 Å². The number of alkyl halides is 3. The largest absolute Gasteiger partial charge is 0.437 e. The van der Waals surface area contributed by atoms with Crippen molar-refractivity contribution in [3.05, 3.63) is 30.0 Å². The van der Waals surface area contributed by atoms with E-state index in [4.69, 9.17) is 0 Å². The van der Waals surface area contributed by atoms with E-state index in [0.717, 1.165) is 25.7 Å². The van der Waals surface area contributed by atoms with Gasteiger partial charge in [-0.25, -0.2) is 14.8 Å². The van der Waals surface area contributed by atoms with E-state index in [1.807, 2.05) is 0 Å². The van der Waals surface area contributed by atoms with E-state index >= 15 is 0 Å². The number of urea groups is 1. The molecule has 6 nitrogen and oxygen atoms in total. The molecule has 0 spiro atoms. The molecular formula is C20H24F3N5O. The number of carbonyl (C=O) groups excluding carboxylic acids is 1. The average Bonchev–Trinajstić information content (AvgIpc) is 2.73. The molecule has 1 aliphatic heterocycles. The van der Waals surface area contributed by atoms with E-state index in [1.54, 1.807) is 28.0 Å². The van der Waals surface area contributed by atoms with Gasteiger partial charge < -0.3 is 15.1 Å². The fourth-order valence-corrected chi connectivity index (χ4v) is 4.04. The van der Waals surface area contributed by atoms with Crippen molar-refractivity contribution < 1.29 is 18.0 Å². The van der Waals surface area contributed by atoms with Crippen molar-refractivity contribution in [2.45, 2.75) is 44.3 Å². The minimum atomic E-state index is -4.60. The van der Waals surface area contributed by atoms with Crippen molar-refractivity contribution in [1.82, 2.24) is 20.2 Å². The van der Waals surface area contributed by atoms with E-state index in [1.165, 1.54) is 12.5 Å². The van der Waals surface area contributed by atoms with E-state index in [-0.39, 0.29) is 36.5 Å². The zero-order chi connectivity index (χ0) is 20.4. The SMILES string of the molecule is O=C(NC1CCCCC1)N1CCN(c2nc3ccccc3nc2C(F)(F)F)CC1. The number of piperazine rings is 1. The summed E-state index contributed by atoms with van der Waals surface area (Å²) in [4.78, 5) is 23.8. The molecule has 0 atom stereocenters. The number of anilines is 1. The van der Waals surface area contributed by atoms with Crippen molar-refractivity contribution in [2.24, 2.45) is 0 Å². The third kappa shape index (κ3) is 4.38. The molecule has 0 radical (unpaired) electrons. The third-order valence-electron chi connectivity index (χ3n) is 5.62. The highest BCUT2D eigenvalue weighted by Gasteiger charge is 2.39. The van der Waals surface area contributed by atoms with E-state index in [9.17, 15) is 18.0 Å². The van der Waals surface area contributed by atoms with Crippen molar-refractivity contribution in [3.8, 4) is 0 Å². The molecule has 1 N–H and O–H groups in total. The smallest absolute Gasteiger partial charge is 0.351 e. The molecule has 2 fully saturated rings. The molecule has 1 aromatic carbocycles. The van der Waals surface area contributed by atoms with Crippen molar-refractivity contribution in [2.75, 3.05) is 31.1 Å². The highest BCUT2D eigenvalue weighted by molar-refractivity contribution is 5.77. The van der Waals surface area contributed by atoms with Gasteiger partial charge >= 0.3 is 12.2 Å². The molecule has 1 aliphatic carbocycles. The molecular weight excluding hydrogens is 383 g/mol. The molecule has 9 heteroatoms. The molecule has 2 amide bonds. The summed E-state index contributed by atoms with van der Waals surface area (Å²) in [6.07, 6.45) is 0.848. The Morgan fingerprint density at radius 1 is 0.966 bits per heavy atom. The van der Waals surface area contributed by atoms with Crippen LogP contribution in [0.5, 0.6) is 0 Å². The molecule has 2 aliphatic rings. The Kier molecular flexibility index (Phi) is 5.47. The summed E-state index contributed by atoms with van der Waals surface area (Å²) in [6, 6.07) is 6.62. The number of hydrogen-bond donors (Lipinski definition) is 1. The van der Waals surface area contributed by atoms with Crippen LogP contribution in [0.1, 0.15) is 37.8 Å². The summed E-state index contributed by atoms with van der Waals surface area (Å²) in [5.74, 6) is -0.163. The van der Waals surface area contributed by atoms with Gasteiger partial charge in [-0.05, 0) is 25.0 Å². The minimum absolute atomic E-state index is 0.128. The maximum atomic E-state index is 13.6. The number of aromatic nitrogens is 2. The summed E-state index contributed by atoms with van der Waals surface area (Å²) < 4.78 is 40.8. The van der Waals surface area contributed by atoms with Gasteiger partial charge in [0.25, 0.3) is 0 Å². The molecule has 1 saturated carbocycles. The summed E-state index contributed by atoms with van der Waals surface area (Å²) in [5.41, 5.74) is -0.335. The topological polar surface area (TPSA) is 61.4 Å². The van der Waals surface area contributed by atoms with Crippen LogP contribution in [-0.2, 0) is 6.18 Å². The number of rotatable bonds is 2. The van der Waals surface area contributed by atoms with Crippen LogP contribution in [0.2, 0.25) is 0 Å². The Morgan fingerprint density at radius 2 is 1.59 bits per heavy atom. The van der Waals surface area contributed by atoms with Crippen LogP contribution in [0.25, 0.3) is 11.0 Å². The van der Waals surface area contributed by atoms with E-state index < -0.39 is 11.9 Å². The lowest BCUT2D eigenvalue weighted by Gasteiger charge is -2.37. The van der Waals surface area contributed by atoms with Gasteiger partial charge in [0.15, 0.2) is 11.5 Å². The van der Waals surface area contributed by atoms with Crippen LogP contribution < -0.4 is 10.2 Å². The highest BCUT2D eigenvalue weighted by Crippen LogP contribution is 2.35. The number of carbonyl (C=O) groups is 1. The van der Waals surface area contributed by atoms with Crippen LogP contribution in [0, 0.1) is 0 Å². The third-order valence-corrected chi connectivity index (χ3v) is 5.62. The van der Waals surface area contributed by atoms with Gasteiger partial charge in [0, 0.05) is 32.2 Å². The Balaban J connectivity index is 1.47. The highest BCUT2D eigenvalue weighted by atomic mass is 19.4. The van der Waals surface area contributed by atoms with Gasteiger partial charge in [0.2, 0.25) is 0 Å². The van der Waals surface area contributed by atoms with Crippen LogP contribution in [0.3, 0.4) is 0 Å². The molecule has 29 heavy (non-hydrogen) atoms. The van der Waals surface area contributed by atoms with E-state index in [0.29, 0.717) is 18.6 Å². The second-order valence-electron chi connectivity index (χ2n) is 7.64. The molecule has 0 unspecified atom stereocenters. The van der Waals surface area contributed by atoms with Crippen LogP contribution in [0.4, 0.5) is 23.8 Å². The van der Waals surface area contributed by atoms with Crippen LogP contribution in [-0.4, -0.2) is 53.1 Å². The van der Waals surface area contributed by atoms with Gasteiger partial charge in [-0.3, -0.25) is 0 Å². The normalized spacial score (nSPS) is 18.9. The zero-order valence-corrected chi connectivity index (χ0v) is 16.1. The molecule has 0 bridgehead atoms. The fraction of sp³-hybridized carbons (Fsp3) is 0.550. The van der Waals surface area contributed by atoms with Crippen molar-refractivity contribution >= 4 is 22.9 Å². The Hall–Kier alpha value is -2.58. The maximum Gasteiger partial charge on any atom is 0.437 e. The minimum Gasteiger partial charge on any atom is -0.351 e. The number of amides is 2. The first-order valence-corrected chi connectivity index (χ1v) is 10.1. The molecule has 4 rings (SSSR count). The first-order chi connectivity index (χ1) is 13.9. The lowest BCUT2D eigenvalue weighted by atomic mass is 9.96. The van der Waals surface area contributed by atoms with Gasteiger partial charge in [0.05, 0.1) is 11.0 Å². The number of para-hydroxylation sites is 2. The number of fused-ring (bicyclic) bond motifs is 1. The Bertz CT molecular complexity index is 874. The summed E-state index contributed by atoms with van der Waals surface area (Å²) in [6.45, 7) is 1.27. The lowest BCUT2D eigenvalue weighted by molar-refractivity contribution is -0.140. The fourth-order valence-electron chi connectivity index (χ4n) is 4.04. The van der Waals surface area contributed by atoms with Crippen LogP contribution in [0.15, 0.2) is 24.3 Å². The second kappa shape index (κ2) is 8.04. The standard InChI is InChI=1S/C20H24F3N5O/c21-20(22,23)17-18(26-16-9-5-4-8-15(16)25-17)27-10-12-28(13-11-27)19(29)24-14-6-2-1-3-7-14/h4-5,8-9,14H,1-3,6-7,10-13H2,(H,24,29). The molecule has 2 aromatic rings. The zero-order valence-electron chi connectivity index (χ0n) is 16.1. The summed E-state index contributed by atoms with van der Waals surface area (Å²) in [5, 5.41) is 3.06. The number of nitrogens with one attached hydrogen (secondary N) is 1. The first-order valence-electron chi connectivity index (χ1n) is 10.1. The van der Waals surface area contributed by atoms with Gasteiger partial charge in [-0.2, -0.15) is 13.2 Å². The molecule has 1 saturated heterocycles. The number of nitrogens with zero attached hydrogens (tertiary/aromatic N) is 4. The number of hydrogen-bond acceptors (Lipinski definition) is 4. The second-order valence-corrected chi connectivity index (χ2v) is 7.64. The van der Waals surface area contributed by atoms with E-state index in [2.05, 4.69) is 15.3 Å². The lowest BCUT2D eigenvalue weighted by Crippen LogP contribution is -2.54. The molecule has 2 heterocycles. The number of halogens is 3. The predicted octanol–water partition coefficient (Wildman–Crippen LogP) is 3.81. The summed E-state index contributed by atoms with van der Waals surface area (Å²) >= 11 is 0. The Morgan fingerprint density at radius 3 is 2.21 bits per heavy atom. The van der Waals surface area contributed by atoms with Gasteiger partial charge in [-0.1, -0.05) is 31.4 Å². The van der Waals surface area contributed by atoms with Crippen LogP contribution >= 0.6 is 0 Å². The quantitative estimate of drug-likeness (QED) is 0.822. The van der Waals surface area contributed by atoms with Gasteiger partial charge in [-0.15, -0.1) is 0 Å². The van der Waals surface area contributed by atoms with Crippen molar-refractivity contribution in [3.63, 3.8) is 0 Å². The average molecular weight is 407 g/mol.